The summed E-state index contributed by atoms with van der Waals surface area (Å²) in [5.41, 5.74) is -0.791. The number of rotatable bonds is 5. The molecule has 0 radical (unpaired) electrons. The third-order valence-corrected chi connectivity index (χ3v) is 8.59. The maximum atomic E-state index is 13.9. The maximum Gasteiger partial charge on any atom is 0.242 e. The fourth-order valence-electron chi connectivity index (χ4n) is 6.46. The smallest absolute Gasteiger partial charge is 0.242 e. The van der Waals surface area contributed by atoms with Gasteiger partial charge in [-0.3, -0.25) is 24.1 Å². The normalized spacial score (nSPS) is 26.9. The van der Waals surface area contributed by atoms with E-state index < -0.39 is 5.41 Å². The molecule has 1 aromatic carbocycles. The number of hydrogen-bond donors (Lipinski definition) is 0. The number of likely N-dealkylation sites (tertiary alicyclic amines) is 1. The van der Waals surface area contributed by atoms with Crippen LogP contribution in [0, 0.1) is 0 Å². The molecular formula is C26H32ClN3O4. The van der Waals surface area contributed by atoms with Crippen molar-refractivity contribution in [2.75, 3.05) is 19.6 Å². The molecule has 8 heteroatoms. The lowest BCUT2D eigenvalue weighted by atomic mass is 9.75. The van der Waals surface area contributed by atoms with E-state index >= 15 is 0 Å². The molecule has 0 aromatic heterocycles. The molecule has 4 aliphatic rings. The number of halogens is 1. The summed E-state index contributed by atoms with van der Waals surface area (Å²) in [4.78, 5) is 58.3. The summed E-state index contributed by atoms with van der Waals surface area (Å²) < 4.78 is 0. The monoisotopic (exact) mass is 485 g/mol. The van der Waals surface area contributed by atoms with Crippen molar-refractivity contribution in [1.82, 2.24) is 14.7 Å². The molecule has 2 saturated carbocycles. The van der Waals surface area contributed by atoms with Crippen LogP contribution in [0.1, 0.15) is 69.8 Å². The zero-order valence-electron chi connectivity index (χ0n) is 19.5. The lowest BCUT2D eigenvalue weighted by Gasteiger charge is -2.39. The Kier molecular flexibility index (Phi) is 6.40. The Balaban J connectivity index is 1.39. The Hall–Kier alpha value is -2.41. The van der Waals surface area contributed by atoms with Crippen LogP contribution in [0.15, 0.2) is 24.3 Å². The molecule has 7 nitrogen and oxygen atoms in total. The minimum absolute atomic E-state index is 0.0281. The molecule has 0 bridgehead atoms. The van der Waals surface area contributed by atoms with E-state index in [2.05, 4.69) is 0 Å². The van der Waals surface area contributed by atoms with E-state index in [0.717, 1.165) is 51.4 Å². The van der Waals surface area contributed by atoms with Gasteiger partial charge in [0.1, 0.15) is 0 Å². The molecule has 5 rings (SSSR count). The van der Waals surface area contributed by atoms with E-state index in [4.69, 9.17) is 11.6 Å². The summed E-state index contributed by atoms with van der Waals surface area (Å²) in [5.74, 6) is -0.845. The van der Waals surface area contributed by atoms with Gasteiger partial charge in [0.2, 0.25) is 23.6 Å². The van der Waals surface area contributed by atoms with Crippen LogP contribution >= 0.6 is 11.6 Å². The van der Waals surface area contributed by atoms with Crippen LogP contribution in [-0.4, -0.2) is 70.0 Å². The van der Waals surface area contributed by atoms with Crippen LogP contribution in [0.5, 0.6) is 0 Å². The third-order valence-electron chi connectivity index (χ3n) is 8.26. The molecular weight excluding hydrogens is 454 g/mol. The molecule has 2 aliphatic carbocycles. The Morgan fingerprint density at radius 2 is 1.56 bits per heavy atom. The minimum atomic E-state index is -1.32. The maximum absolute atomic E-state index is 13.9. The second-order valence-corrected chi connectivity index (χ2v) is 10.7. The van der Waals surface area contributed by atoms with Gasteiger partial charge in [-0.25, -0.2) is 0 Å². The molecule has 2 aliphatic heterocycles. The number of hydrogen-bond acceptors (Lipinski definition) is 4. The van der Waals surface area contributed by atoms with E-state index in [1.807, 2.05) is 4.90 Å². The highest BCUT2D eigenvalue weighted by molar-refractivity contribution is 6.32. The van der Waals surface area contributed by atoms with Crippen LogP contribution in [0.2, 0.25) is 5.02 Å². The Morgan fingerprint density at radius 1 is 0.912 bits per heavy atom. The first-order chi connectivity index (χ1) is 16.4. The number of nitrogens with zero attached hydrogens (tertiary/aromatic N) is 3. The van der Waals surface area contributed by atoms with Crippen molar-refractivity contribution in [1.29, 1.82) is 0 Å². The average molecular weight is 486 g/mol. The predicted molar refractivity (Wildman–Crippen MR) is 127 cm³/mol. The number of carbonyl (C=O) groups is 4. The molecule has 0 spiro atoms. The summed E-state index contributed by atoms with van der Waals surface area (Å²) in [6.45, 7) is 1.01. The summed E-state index contributed by atoms with van der Waals surface area (Å²) in [6.07, 6.45) is 7.74. The zero-order chi connectivity index (χ0) is 23.9. The number of imide groups is 1. The van der Waals surface area contributed by atoms with Crippen molar-refractivity contribution in [2.24, 2.45) is 0 Å². The first-order valence-corrected chi connectivity index (χ1v) is 13.0. The lowest BCUT2D eigenvalue weighted by Crippen LogP contribution is -2.56. The molecule has 1 aromatic rings. The van der Waals surface area contributed by atoms with Crippen LogP contribution in [0.25, 0.3) is 0 Å². The Bertz CT molecular complexity index is 1000. The van der Waals surface area contributed by atoms with Gasteiger partial charge in [-0.15, -0.1) is 0 Å². The minimum Gasteiger partial charge on any atom is -0.336 e. The van der Waals surface area contributed by atoms with Crippen molar-refractivity contribution in [2.45, 2.75) is 81.7 Å². The lowest BCUT2D eigenvalue weighted by molar-refractivity contribution is -0.149. The van der Waals surface area contributed by atoms with Crippen LogP contribution in [0.4, 0.5) is 0 Å². The highest BCUT2D eigenvalue weighted by atomic mass is 35.5. The number of piperazine rings is 1. The highest BCUT2D eigenvalue weighted by Gasteiger charge is 2.56. The Morgan fingerprint density at radius 3 is 2.21 bits per heavy atom. The van der Waals surface area contributed by atoms with E-state index in [0.29, 0.717) is 23.7 Å². The predicted octanol–water partition coefficient (Wildman–Crippen LogP) is 3.28. The fourth-order valence-corrected chi connectivity index (χ4v) is 6.78. The highest BCUT2D eigenvalue weighted by Crippen LogP contribution is 2.45. The molecule has 4 fully saturated rings. The van der Waals surface area contributed by atoms with Crippen LogP contribution in [0.3, 0.4) is 0 Å². The molecule has 1 atom stereocenters. The van der Waals surface area contributed by atoms with Crippen LogP contribution in [-0.2, 0) is 24.6 Å². The van der Waals surface area contributed by atoms with Gasteiger partial charge in [-0.05, 0) is 37.3 Å². The Labute approximate surface area is 205 Å². The van der Waals surface area contributed by atoms with Gasteiger partial charge in [-0.2, -0.15) is 0 Å². The second-order valence-electron chi connectivity index (χ2n) is 10.3. The first kappa shape index (κ1) is 23.3. The summed E-state index contributed by atoms with van der Waals surface area (Å²) in [7, 11) is 0. The fraction of sp³-hybridized carbons (Fsp3) is 0.615. The average Bonchev–Trinajstić information content (AvgIpc) is 3.57. The van der Waals surface area contributed by atoms with Gasteiger partial charge in [0.25, 0.3) is 0 Å². The summed E-state index contributed by atoms with van der Waals surface area (Å²) >= 11 is 6.53. The first-order valence-electron chi connectivity index (χ1n) is 12.6. The standard InChI is InChI=1S/C26H32ClN3O4/c27-21-12-6-5-11-20(21)26(16-23(32)30(25(26)34)19-9-3-4-10-19)15-22(31)28-13-14-29(24(33)17-28)18-7-1-2-8-18/h5-6,11-12,18-19H,1-4,7-10,13-17H2. The van der Waals surface area contributed by atoms with E-state index in [-0.39, 0.29) is 55.1 Å². The molecule has 0 N–H and O–H groups in total. The number of amides is 4. The van der Waals surface area contributed by atoms with E-state index in [9.17, 15) is 19.2 Å². The second kappa shape index (κ2) is 9.33. The van der Waals surface area contributed by atoms with Gasteiger partial charge in [0.05, 0.1) is 12.0 Å². The van der Waals surface area contributed by atoms with Gasteiger partial charge in [-0.1, -0.05) is 55.5 Å². The van der Waals surface area contributed by atoms with Gasteiger partial charge in [0, 0.05) is 43.0 Å². The number of benzene rings is 1. The SMILES string of the molecule is O=C(CC1(c2ccccc2Cl)CC(=O)N(C2CCCC2)C1=O)N1CCN(C2CCCC2)C(=O)C1. The van der Waals surface area contributed by atoms with Crippen molar-refractivity contribution in [3.8, 4) is 0 Å². The van der Waals surface area contributed by atoms with Crippen molar-refractivity contribution < 1.29 is 19.2 Å². The molecule has 1 unspecified atom stereocenters. The van der Waals surface area contributed by atoms with Gasteiger partial charge in [0.15, 0.2) is 0 Å². The molecule has 2 heterocycles. The molecule has 34 heavy (non-hydrogen) atoms. The largest absolute Gasteiger partial charge is 0.336 e. The van der Waals surface area contributed by atoms with Crippen LogP contribution < -0.4 is 0 Å². The van der Waals surface area contributed by atoms with Crippen molar-refractivity contribution in [3.05, 3.63) is 34.9 Å². The summed E-state index contributed by atoms with van der Waals surface area (Å²) in [6, 6.07) is 7.20. The zero-order valence-corrected chi connectivity index (χ0v) is 20.3. The van der Waals surface area contributed by atoms with E-state index in [1.165, 1.54) is 4.90 Å². The van der Waals surface area contributed by atoms with Crippen molar-refractivity contribution >= 4 is 35.2 Å². The summed E-state index contributed by atoms with van der Waals surface area (Å²) in [5, 5.41) is 0.381. The van der Waals surface area contributed by atoms with Crippen molar-refractivity contribution in [3.63, 3.8) is 0 Å². The van der Waals surface area contributed by atoms with E-state index in [1.54, 1.807) is 29.2 Å². The topological polar surface area (TPSA) is 78.0 Å². The quantitative estimate of drug-likeness (QED) is 0.599. The third kappa shape index (κ3) is 4.02. The number of carbonyl (C=O) groups excluding carboxylic acids is 4. The van der Waals surface area contributed by atoms with Gasteiger partial charge >= 0.3 is 0 Å². The molecule has 4 amide bonds. The molecule has 182 valence electrons. The van der Waals surface area contributed by atoms with Gasteiger partial charge < -0.3 is 9.80 Å². The molecule has 2 saturated heterocycles.